The molecule has 1 atom stereocenters. The number of anilines is 1. The quantitative estimate of drug-likeness (QED) is 0.876. The number of nitrogens with one attached hydrogen (secondary N) is 2. The minimum atomic E-state index is 0. The van der Waals surface area contributed by atoms with Crippen molar-refractivity contribution >= 4 is 24.0 Å². The summed E-state index contributed by atoms with van der Waals surface area (Å²) >= 11 is 0. The molecule has 1 aromatic rings. The van der Waals surface area contributed by atoms with Crippen LogP contribution in [0.2, 0.25) is 0 Å². The first-order valence-corrected chi connectivity index (χ1v) is 6.67. The first-order chi connectivity index (χ1) is 8.58. The Morgan fingerprint density at radius 3 is 2.42 bits per heavy atom. The number of halogens is 1. The zero-order valence-corrected chi connectivity index (χ0v) is 12.7. The minimum absolute atomic E-state index is 0. The molecule has 1 aliphatic heterocycles. The SMILES string of the molecule is Cc1cc(C)c(NC(=O)C2CCCNC2)c(C)c1.Cl. The Hall–Kier alpha value is -1.06. The van der Waals surface area contributed by atoms with Crippen LogP contribution in [0.15, 0.2) is 12.1 Å². The second-order valence-corrected chi connectivity index (χ2v) is 5.31. The van der Waals surface area contributed by atoms with Crippen molar-refractivity contribution in [1.29, 1.82) is 0 Å². The number of hydrogen-bond donors (Lipinski definition) is 2. The zero-order valence-electron chi connectivity index (χ0n) is 11.9. The molecule has 1 heterocycles. The zero-order chi connectivity index (χ0) is 13.1. The van der Waals surface area contributed by atoms with Crippen molar-refractivity contribution in [2.45, 2.75) is 33.6 Å². The third-order valence-electron chi connectivity index (χ3n) is 3.59. The van der Waals surface area contributed by atoms with Crippen LogP contribution >= 0.6 is 12.4 Å². The maximum absolute atomic E-state index is 12.2. The average molecular weight is 283 g/mol. The van der Waals surface area contributed by atoms with E-state index in [1.807, 2.05) is 0 Å². The Balaban J connectivity index is 0.00000180. The highest BCUT2D eigenvalue weighted by Crippen LogP contribution is 2.23. The Bertz CT molecular complexity index is 430. The minimum Gasteiger partial charge on any atom is -0.325 e. The number of hydrogen-bond acceptors (Lipinski definition) is 2. The molecule has 1 aromatic carbocycles. The number of carbonyl (C=O) groups is 1. The molecule has 2 N–H and O–H groups in total. The number of benzene rings is 1. The van der Waals surface area contributed by atoms with Crippen molar-refractivity contribution < 1.29 is 4.79 Å². The molecule has 4 heteroatoms. The molecule has 0 bridgehead atoms. The third kappa shape index (κ3) is 3.95. The lowest BCUT2D eigenvalue weighted by molar-refractivity contribution is -0.120. The van der Waals surface area contributed by atoms with Gasteiger partial charge >= 0.3 is 0 Å². The van der Waals surface area contributed by atoms with E-state index in [2.05, 4.69) is 43.5 Å². The molecule has 1 fully saturated rings. The van der Waals surface area contributed by atoms with E-state index in [9.17, 15) is 4.79 Å². The second-order valence-electron chi connectivity index (χ2n) is 5.31. The molecule has 106 valence electrons. The smallest absolute Gasteiger partial charge is 0.228 e. The standard InChI is InChI=1S/C15H22N2O.ClH/c1-10-7-11(2)14(12(3)8-10)17-15(18)13-5-4-6-16-9-13;/h7-8,13,16H,4-6,9H2,1-3H3,(H,17,18);1H. The van der Waals surface area contributed by atoms with Gasteiger partial charge in [0.15, 0.2) is 0 Å². The van der Waals surface area contributed by atoms with Crippen LogP contribution in [0.25, 0.3) is 0 Å². The van der Waals surface area contributed by atoms with Crippen molar-refractivity contribution in [3.8, 4) is 0 Å². The van der Waals surface area contributed by atoms with E-state index in [1.54, 1.807) is 0 Å². The van der Waals surface area contributed by atoms with E-state index >= 15 is 0 Å². The lowest BCUT2D eigenvalue weighted by atomic mass is 9.98. The molecule has 1 unspecified atom stereocenters. The van der Waals surface area contributed by atoms with Crippen molar-refractivity contribution in [3.63, 3.8) is 0 Å². The maximum atomic E-state index is 12.2. The molecular weight excluding hydrogens is 260 g/mol. The van der Waals surface area contributed by atoms with Crippen LogP contribution in [0.5, 0.6) is 0 Å². The normalized spacial score (nSPS) is 18.6. The molecule has 0 spiro atoms. The van der Waals surface area contributed by atoms with Gasteiger partial charge in [-0.1, -0.05) is 17.7 Å². The number of carbonyl (C=O) groups excluding carboxylic acids is 1. The van der Waals surface area contributed by atoms with Crippen molar-refractivity contribution in [2.24, 2.45) is 5.92 Å². The molecule has 1 amide bonds. The van der Waals surface area contributed by atoms with E-state index in [0.717, 1.165) is 42.7 Å². The van der Waals surface area contributed by atoms with Crippen LogP contribution in [0, 0.1) is 26.7 Å². The van der Waals surface area contributed by atoms with E-state index in [1.165, 1.54) is 5.56 Å². The largest absolute Gasteiger partial charge is 0.325 e. The molecule has 1 aliphatic rings. The first kappa shape index (κ1) is 16.0. The summed E-state index contributed by atoms with van der Waals surface area (Å²) < 4.78 is 0. The molecule has 0 aliphatic carbocycles. The van der Waals surface area contributed by atoms with Crippen LogP contribution in [-0.4, -0.2) is 19.0 Å². The predicted molar refractivity (Wildman–Crippen MR) is 82.1 cm³/mol. The van der Waals surface area contributed by atoms with Crippen molar-refractivity contribution in [3.05, 3.63) is 28.8 Å². The van der Waals surface area contributed by atoms with Crippen LogP contribution in [0.4, 0.5) is 5.69 Å². The Morgan fingerprint density at radius 2 is 1.89 bits per heavy atom. The fourth-order valence-corrected chi connectivity index (χ4v) is 2.68. The summed E-state index contributed by atoms with van der Waals surface area (Å²) in [5.74, 6) is 0.260. The van der Waals surface area contributed by atoms with Gasteiger partial charge in [-0.15, -0.1) is 12.4 Å². The van der Waals surface area contributed by atoms with Gasteiger partial charge in [-0.25, -0.2) is 0 Å². The summed E-state index contributed by atoms with van der Waals surface area (Å²) in [5, 5.41) is 6.38. The summed E-state index contributed by atoms with van der Waals surface area (Å²) in [6.45, 7) is 8.02. The van der Waals surface area contributed by atoms with Crippen LogP contribution in [0.1, 0.15) is 29.5 Å². The maximum Gasteiger partial charge on any atom is 0.228 e. The number of amides is 1. The van der Waals surface area contributed by atoms with E-state index < -0.39 is 0 Å². The lowest BCUT2D eigenvalue weighted by Gasteiger charge is -2.23. The molecular formula is C15H23ClN2O. The second kappa shape index (κ2) is 6.92. The number of rotatable bonds is 2. The molecule has 3 nitrogen and oxygen atoms in total. The van der Waals surface area contributed by atoms with Crippen LogP contribution in [-0.2, 0) is 4.79 Å². The van der Waals surface area contributed by atoms with E-state index in [-0.39, 0.29) is 24.2 Å². The number of piperidine rings is 1. The summed E-state index contributed by atoms with van der Waals surface area (Å²) in [6.07, 6.45) is 2.08. The summed E-state index contributed by atoms with van der Waals surface area (Å²) in [6, 6.07) is 4.23. The van der Waals surface area contributed by atoms with Crippen LogP contribution in [0.3, 0.4) is 0 Å². The Kier molecular flexibility index (Phi) is 5.83. The third-order valence-corrected chi connectivity index (χ3v) is 3.59. The topological polar surface area (TPSA) is 41.1 Å². The highest BCUT2D eigenvalue weighted by atomic mass is 35.5. The fraction of sp³-hybridized carbons (Fsp3) is 0.533. The van der Waals surface area contributed by atoms with Crippen LogP contribution < -0.4 is 10.6 Å². The van der Waals surface area contributed by atoms with E-state index in [4.69, 9.17) is 0 Å². The fourth-order valence-electron chi connectivity index (χ4n) is 2.68. The van der Waals surface area contributed by atoms with Gasteiger partial charge < -0.3 is 10.6 Å². The van der Waals surface area contributed by atoms with Gasteiger partial charge in [0.1, 0.15) is 0 Å². The van der Waals surface area contributed by atoms with Gasteiger partial charge in [0, 0.05) is 12.2 Å². The summed E-state index contributed by atoms with van der Waals surface area (Å²) in [4.78, 5) is 12.2. The number of aryl methyl sites for hydroxylation is 3. The van der Waals surface area contributed by atoms with Gasteiger partial charge in [-0.05, 0) is 51.3 Å². The van der Waals surface area contributed by atoms with Crippen molar-refractivity contribution in [1.82, 2.24) is 5.32 Å². The van der Waals surface area contributed by atoms with Gasteiger partial charge in [-0.3, -0.25) is 4.79 Å². The predicted octanol–water partition coefficient (Wildman–Crippen LogP) is 2.97. The first-order valence-electron chi connectivity index (χ1n) is 6.67. The molecule has 1 saturated heterocycles. The van der Waals surface area contributed by atoms with Gasteiger partial charge in [-0.2, -0.15) is 0 Å². The van der Waals surface area contributed by atoms with Gasteiger partial charge in [0.05, 0.1) is 5.92 Å². The van der Waals surface area contributed by atoms with Crippen molar-refractivity contribution in [2.75, 3.05) is 18.4 Å². The van der Waals surface area contributed by atoms with Gasteiger partial charge in [0.25, 0.3) is 0 Å². The summed E-state index contributed by atoms with van der Waals surface area (Å²) in [5.41, 5.74) is 4.51. The Labute approximate surface area is 121 Å². The molecule has 19 heavy (non-hydrogen) atoms. The monoisotopic (exact) mass is 282 g/mol. The highest BCUT2D eigenvalue weighted by molar-refractivity contribution is 5.94. The van der Waals surface area contributed by atoms with Gasteiger partial charge in [0.2, 0.25) is 5.91 Å². The molecule has 0 aromatic heterocycles. The molecule has 0 radical (unpaired) electrons. The van der Waals surface area contributed by atoms with E-state index in [0.29, 0.717) is 0 Å². The average Bonchev–Trinajstić information content (AvgIpc) is 2.34. The summed E-state index contributed by atoms with van der Waals surface area (Å²) in [7, 11) is 0. The Morgan fingerprint density at radius 1 is 1.26 bits per heavy atom. The molecule has 0 saturated carbocycles. The lowest BCUT2D eigenvalue weighted by Crippen LogP contribution is -2.37. The highest BCUT2D eigenvalue weighted by Gasteiger charge is 2.21. The molecule has 2 rings (SSSR count).